The van der Waals surface area contributed by atoms with Crippen LogP contribution in [0.2, 0.25) is 5.02 Å². The van der Waals surface area contributed by atoms with Gasteiger partial charge in [-0.3, -0.25) is 9.36 Å². The van der Waals surface area contributed by atoms with Crippen LogP contribution in [0, 0.1) is 0 Å². The molecular weight excluding hydrogens is 281 g/mol. The maximum Gasteiger partial charge on any atom is 0.228 e. The number of carbonyl (C=O) groups excluding carboxylic acids is 1. The van der Waals surface area contributed by atoms with Crippen molar-refractivity contribution in [1.29, 1.82) is 0 Å². The lowest BCUT2D eigenvalue weighted by Crippen LogP contribution is -2.02. The van der Waals surface area contributed by atoms with Crippen molar-refractivity contribution in [3.8, 4) is 5.75 Å². The minimum absolute atomic E-state index is 0.0672. The zero-order valence-electron chi connectivity index (χ0n) is 7.79. The lowest BCUT2D eigenvalue weighted by molar-refractivity contribution is 0.0941. The van der Waals surface area contributed by atoms with Gasteiger partial charge in [-0.25, -0.2) is 0 Å². The van der Waals surface area contributed by atoms with Crippen LogP contribution < -0.4 is 0 Å². The van der Waals surface area contributed by atoms with E-state index in [0.717, 1.165) is 0 Å². The Kier molecular flexibility index (Phi) is 2.48. The fourth-order valence-corrected chi connectivity index (χ4v) is 1.96. The van der Waals surface area contributed by atoms with Crippen LogP contribution in [-0.4, -0.2) is 15.6 Å². The van der Waals surface area contributed by atoms with Crippen LogP contribution in [-0.2, 0) is 0 Å². The number of nitrogens with zero attached hydrogens (tertiary/aromatic N) is 1. The van der Waals surface area contributed by atoms with Gasteiger partial charge in [-0.05, 0) is 28.1 Å². The Bertz CT molecular complexity index is 562. The Balaban J connectivity index is 2.88. The fourth-order valence-electron chi connectivity index (χ4n) is 1.46. The second-order valence-corrected chi connectivity index (χ2v) is 4.45. The summed E-state index contributed by atoms with van der Waals surface area (Å²) in [5.41, 5.74) is 0.605. The lowest BCUT2D eigenvalue weighted by Gasteiger charge is -2.00. The van der Waals surface area contributed by atoms with Crippen molar-refractivity contribution in [2.24, 2.45) is 0 Å². The Morgan fingerprint density at radius 3 is 2.80 bits per heavy atom. The highest BCUT2D eigenvalue weighted by Crippen LogP contribution is 2.34. The van der Waals surface area contributed by atoms with Crippen molar-refractivity contribution in [3.05, 3.63) is 27.8 Å². The molecule has 1 N–H and O–H groups in total. The number of benzene rings is 1. The molecule has 0 spiro atoms. The zero-order chi connectivity index (χ0) is 11.2. The topological polar surface area (TPSA) is 42.2 Å². The van der Waals surface area contributed by atoms with Gasteiger partial charge in [-0.2, -0.15) is 0 Å². The van der Waals surface area contributed by atoms with Gasteiger partial charge in [0.05, 0.1) is 16.7 Å². The normalized spacial score (nSPS) is 10.9. The molecule has 15 heavy (non-hydrogen) atoms. The van der Waals surface area contributed by atoms with Crippen molar-refractivity contribution in [2.45, 2.75) is 6.92 Å². The van der Waals surface area contributed by atoms with E-state index in [1.54, 1.807) is 12.1 Å². The van der Waals surface area contributed by atoms with Crippen LogP contribution in [0.15, 0.2) is 22.8 Å². The minimum atomic E-state index is -0.168. The molecule has 0 radical (unpaired) electrons. The van der Waals surface area contributed by atoms with Crippen LogP contribution in [0.4, 0.5) is 0 Å². The Hall–Kier alpha value is -1.000. The second-order valence-electron chi connectivity index (χ2n) is 3.19. The molecule has 0 atom stereocenters. The van der Waals surface area contributed by atoms with E-state index in [4.69, 9.17) is 11.6 Å². The van der Waals surface area contributed by atoms with E-state index in [1.807, 2.05) is 0 Å². The number of rotatable bonds is 0. The van der Waals surface area contributed by atoms with E-state index in [1.165, 1.54) is 17.7 Å². The second kappa shape index (κ2) is 3.54. The summed E-state index contributed by atoms with van der Waals surface area (Å²) < 4.78 is 2.05. The molecule has 0 fully saturated rings. The molecule has 3 nitrogen and oxygen atoms in total. The molecule has 0 amide bonds. The quantitative estimate of drug-likeness (QED) is 0.807. The molecule has 0 saturated carbocycles. The van der Waals surface area contributed by atoms with Gasteiger partial charge >= 0.3 is 0 Å². The molecule has 1 heterocycles. The monoisotopic (exact) mass is 287 g/mol. The van der Waals surface area contributed by atoms with Gasteiger partial charge in [-0.15, -0.1) is 0 Å². The highest BCUT2D eigenvalue weighted by Gasteiger charge is 2.12. The molecule has 0 bridgehead atoms. The number of fused-ring (bicyclic) bond motifs is 1. The molecular formula is C10H7BrClNO2. The summed E-state index contributed by atoms with van der Waals surface area (Å²) in [6, 6.07) is 3.33. The van der Waals surface area contributed by atoms with Gasteiger partial charge in [-0.1, -0.05) is 11.6 Å². The van der Waals surface area contributed by atoms with Crippen LogP contribution >= 0.6 is 27.5 Å². The standard InChI is InChI=1S/C10H7BrClNO2/c1-5(14)13-4-10(15)6-2-7(11)8(12)3-9(6)13/h2-4,15H,1H3. The third kappa shape index (κ3) is 1.64. The van der Waals surface area contributed by atoms with Crippen molar-refractivity contribution >= 4 is 44.3 Å². The number of carbonyl (C=O) groups is 1. The van der Waals surface area contributed by atoms with Gasteiger partial charge in [0.15, 0.2) is 0 Å². The summed E-state index contributed by atoms with van der Waals surface area (Å²) in [7, 11) is 0. The lowest BCUT2D eigenvalue weighted by atomic mass is 10.2. The van der Waals surface area contributed by atoms with Gasteiger partial charge in [0.1, 0.15) is 5.75 Å². The average Bonchev–Trinajstić information content (AvgIpc) is 2.45. The zero-order valence-corrected chi connectivity index (χ0v) is 10.1. The Morgan fingerprint density at radius 2 is 2.20 bits per heavy atom. The van der Waals surface area contributed by atoms with Gasteiger partial charge in [0.2, 0.25) is 5.91 Å². The van der Waals surface area contributed by atoms with Crippen LogP contribution in [0.1, 0.15) is 11.7 Å². The van der Waals surface area contributed by atoms with E-state index in [0.29, 0.717) is 20.4 Å². The van der Waals surface area contributed by atoms with Crippen molar-refractivity contribution in [3.63, 3.8) is 0 Å². The molecule has 78 valence electrons. The summed E-state index contributed by atoms with van der Waals surface area (Å²) >= 11 is 9.18. The van der Waals surface area contributed by atoms with E-state index < -0.39 is 0 Å². The van der Waals surface area contributed by atoms with Crippen LogP contribution in [0.5, 0.6) is 5.75 Å². The highest BCUT2D eigenvalue weighted by molar-refractivity contribution is 9.10. The van der Waals surface area contributed by atoms with Gasteiger partial charge in [0.25, 0.3) is 0 Å². The predicted octanol–water partition coefficient (Wildman–Crippen LogP) is 3.42. The first-order valence-electron chi connectivity index (χ1n) is 4.20. The third-order valence-electron chi connectivity index (χ3n) is 2.16. The fraction of sp³-hybridized carbons (Fsp3) is 0.100. The minimum Gasteiger partial charge on any atom is -0.506 e. The van der Waals surface area contributed by atoms with Crippen molar-refractivity contribution < 1.29 is 9.90 Å². The molecule has 0 saturated heterocycles. The molecule has 1 aromatic carbocycles. The predicted molar refractivity (Wildman–Crippen MR) is 62.6 cm³/mol. The SMILES string of the molecule is CC(=O)n1cc(O)c2cc(Br)c(Cl)cc21. The molecule has 2 aromatic rings. The molecule has 5 heteroatoms. The van der Waals surface area contributed by atoms with Crippen molar-refractivity contribution in [1.82, 2.24) is 4.57 Å². The van der Waals surface area contributed by atoms with Gasteiger partial charge in [0, 0.05) is 16.8 Å². The summed E-state index contributed by atoms with van der Waals surface area (Å²) in [6.45, 7) is 1.43. The largest absolute Gasteiger partial charge is 0.506 e. The first-order chi connectivity index (χ1) is 7.00. The van der Waals surface area contributed by atoms with Crippen molar-refractivity contribution in [2.75, 3.05) is 0 Å². The first kappa shape index (κ1) is 10.5. The first-order valence-corrected chi connectivity index (χ1v) is 5.38. The van der Waals surface area contributed by atoms with E-state index in [2.05, 4.69) is 15.9 Å². The van der Waals surface area contributed by atoms with Crippen LogP contribution in [0.3, 0.4) is 0 Å². The number of hydrogen-bond donors (Lipinski definition) is 1. The number of hydrogen-bond acceptors (Lipinski definition) is 2. The number of aromatic hydroxyl groups is 1. The molecule has 2 rings (SSSR count). The molecule has 0 aliphatic carbocycles. The summed E-state index contributed by atoms with van der Waals surface area (Å²) in [4.78, 5) is 11.3. The summed E-state index contributed by atoms with van der Waals surface area (Å²) in [5, 5.41) is 10.7. The number of aromatic nitrogens is 1. The molecule has 0 aliphatic rings. The number of halogens is 2. The average molecular weight is 289 g/mol. The third-order valence-corrected chi connectivity index (χ3v) is 3.36. The van der Waals surface area contributed by atoms with E-state index >= 15 is 0 Å². The summed E-state index contributed by atoms with van der Waals surface area (Å²) in [5.74, 6) is -0.101. The Morgan fingerprint density at radius 1 is 1.53 bits per heavy atom. The Labute approximate surface area is 99.4 Å². The van der Waals surface area contributed by atoms with Crippen LogP contribution in [0.25, 0.3) is 10.9 Å². The summed E-state index contributed by atoms with van der Waals surface area (Å²) in [6.07, 6.45) is 1.38. The molecule has 0 unspecified atom stereocenters. The highest BCUT2D eigenvalue weighted by atomic mass is 79.9. The molecule has 0 aliphatic heterocycles. The van der Waals surface area contributed by atoms with Gasteiger partial charge < -0.3 is 5.11 Å². The maximum absolute atomic E-state index is 11.3. The van der Waals surface area contributed by atoms with E-state index in [-0.39, 0.29) is 11.7 Å². The molecule has 1 aromatic heterocycles. The smallest absolute Gasteiger partial charge is 0.228 e. The van der Waals surface area contributed by atoms with E-state index in [9.17, 15) is 9.90 Å². The maximum atomic E-state index is 11.3.